The molecule has 8 bridgehead atoms. The van der Waals surface area contributed by atoms with Crippen LogP contribution in [0.15, 0.2) is 35.3 Å². The number of rotatable bonds is 5. The molecule has 9 nitrogen and oxygen atoms in total. The van der Waals surface area contributed by atoms with E-state index in [1.54, 1.807) is 6.08 Å². The van der Waals surface area contributed by atoms with Crippen LogP contribution in [0, 0.1) is 37.5 Å². The van der Waals surface area contributed by atoms with Gasteiger partial charge in [0.15, 0.2) is 0 Å². The number of carbonyl (C=O) groups excluding carboxylic acids is 1. The van der Waals surface area contributed by atoms with Crippen molar-refractivity contribution in [3.63, 3.8) is 0 Å². The van der Waals surface area contributed by atoms with Crippen LogP contribution in [0.5, 0.6) is 0 Å². The topological polar surface area (TPSA) is 143 Å². The van der Waals surface area contributed by atoms with Gasteiger partial charge in [0.05, 0.1) is 13.0 Å². The molecule has 45 heavy (non-hydrogen) atoms. The minimum atomic E-state index is -1.20. The van der Waals surface area contributed by atoms with Gasteiger partial charge in [-0.2, -0.15) is 11.4 Å². The van der Waals surface area contributed by atoms with Crippen molar-refractivity contribution in [3.8, 4) is 0 Å². The molecule has 0 spiro atoms. The minimum Gasteiger partial charge on any atom is -0.874 e. The smallest absolute Gasteiger partial charge is 0.874 e. The van der Waals surface area contributed by atoms with E-state index in [-0.39, 0.29) is 53.0 Å². The van der Waals surface area contributed by atoms with E-state index in [4.69, 9.17) is 25.3 Å². The van der Waals surface area contributed by atoms with Crippen LogP contribution in [-0.2, 0) is 14.3 Å². The monoisotopic (exact) mass is 615 g/mol. The molecule has 5 atom stereocenters. The van der Waals surface area contributed by atoms with E-state index in [1.165, 1.54) is 7.11 Å². The number of carboxylic acid groups (broad SMARTS) is 1. The second kappa shape index (κ2) is 12.1. The Hall–Kier alpha value is -3.89. The van der Waals surface area contributed by atoms with Crippen LogP contribution in [0.2, 0.25) is 0 Å². The SMILES string of the molecule is C=Cc1c2[n-]c(c1C)/C=C1\[N-]C(C3=c4[n-]c(c(C)c4=C([O-])[C@@H]3C(=O)OC)/C=C3\[N-]/C(=C\2)[C@H](C)\C3=C/C)[C@@H](CCC(=O)O)[C@@H]1C.[Mg+2]. The summed E-state index contributed by atoms with van der Waals surface area (Å²) in [5, 5.41) is 34.5. The molecule has 10 heteroatoms. The molecule has 0 radical (unpaired) electrons. The molecule has 1 aliphatic carbocycles. The van der Waals surface area contributed by atoms with Crippen LogP contribution in [0.4, 0.5) is 0 Å². The predicted octanol–water partition coefficient (Wildman–Crippen LogP) is 3.48. The molecule has 2 aromatic rings. The normalized spacial score (nSPS) is 29.1. The van der Waals surface area contributed by atoms with E-state index in [9.17, 15) is 19.8 Å². The number of methoxy groups -OCH3 is 1. The second-order valence-corrected chi connectivity index (χ2v) is 12.0. The molecule has 0 aromatic carbocycles. The van der Waals surface area contributed by atoms with E-state index in [1.807, 2.05) is 52.0 Å². The molecule has 6 rings (SSSR count). The number of esters is 1. The van der Waals surface area contributed by atoms with E-state index in [2.05, 4.69) is 13.5 Å². The van der Waals surface area contributed by atoms with Crippen molar-refractivity contribution < 1.29 is 24.5 Å². The van der Waals surface area contributed by atoms with Crippen LogP contribution >= 0.6 is 0 Å². The second-order valence-electron chi connectivity index (χ2n) is 12.0. The third-order valence-corrected chi connectivity index (χ3v) is 9.69. The fourth-order valence-corrected chi connectivity index (χ4v) is 7.21. The van der Waals surface area contributed by atoms with Crippen LogP contribution in [0.25, 0.3) is 46.3 Å². The van der Waals surface area contributed by atoms with Crippen LogP contribution < -0.4 is 25.6 Å². The summed E-state index contributed by atoms with van der Waals surface area (Å²) in [7, 11) is 1.26. The average molecular weight is 616 g/mol. The third kappa shape index (κ3) is 5.08. The Balaban J connectivity index is 0.00000400. The van der Waals surface area contributed by atoms with Gasteiger partial charge >= 0.3 is 35.0 Å². The molecule has 1 unspecified atom stereocenters. The van der Waals surface area contributed by atoms with Crippen molar-refractivity contribution in [1.29, 1.82) is 0 Å². The number of nitrogens with zero attached hydrogens (tertiary/aromatic N) is 4. The summed E-state index contributed by atoms with van der Waals surface area (Å²) in [6, 6.07) is -0.644. The van der Waals surface area contributed by atoms with Crippen molar-refractivity contribution in [3.05, 3.63) is 90.3 Å². The van der Waals surface area contributed by atoms with Gasteiger partial charge in [-0.05, 0) is 55.7 Å². The van der Waals surface area contributed by atoms with Crippen molar-refractivity contribution in [1.82, 2.24) is 9.97 Å². The first-order valence-corrected chi connectivity index (χ1v) is 14.9. The van der Waals surface area contributed by atoms with Gasteiger partial charge in [-0.15, -0.1) is 33.9 Å². The van der Waals surface area contributed by atoms with E-state index < -0.39 is 23.9 Å². The first-order valence-electron chi connectivity index (χ1n) is 14.9. The Morgan fingerprint density at radius 3 is 2.40 bits per heavy atom. The van der Waals surface area contributed by atoms with Crippen LogP contribution in [-0.4, -0.2) is 53.2 Å². The van der Waals surface area contributed by atoms with Crippen LogP contribution in [0.3, 0.4) is 0 Å². The molecule has 3 aliphatic heterocycles. The average Bonchev–Trinajstić information content (AvgIpc) is 3.72. The molecular weight excluding hydrogens is 581 g/mol. The number of carboxylic acids is 1. The number of carbonyl (C=O) groups is 2. The summed E-state index contributed by atoms with van der Waals surface area (Å²) in [6.07, 6.45) is 9.91. The third-order valence-electron chi connectivity index (χ3n) is 9.69. The largest absolute Gasteiger partial charge is 2.00 e. The summed E-state index contributed by atoms with van der Waals surface area (Å²) < 4.78 is 5.13. The Bertz CT molecular complexity index is 1870. The first kappa shape index (κ1) is 32.5. The molecule has 2 aromatic heterocycles. The van der Waals surface area contributed by atoms with Crippen molar-refractivity contribution >= 4 is 70.6 Å². The summed E-state index contributed by atoms with van der Waals surface area (Å²) in [5.41, 5.74) is 8.46. The molecule has 5 heterocycles. The molecule has 2 fully saturated rings. The predicted molar refractivity (Wildman–Crippen MR) is 173 cm³/mol. The number of ether oxygens (including phenoxy) is 1. The Morgan fingerprint density at radius 1 is 1.07 bits per heavy atom. The number of hydrogen-bond donors (Lipinski definition) is 1. The molecule has 1 N–H and O–H groups in total. The van der Waals surface area contributed by atoms with Crippen molar-refractivity contribution in [2.45, 2.75) is 53.5 Å². The summed E-state index contributed by atoms with van der Waals surface area (Å²) >= 11 is 0. The molecule has 0 amide bonds. The van der Waals surface area contributed by atoms with Gasteiger partial charge in [-0.25, -0.2) is 0 Å². The number of fused-ring (bicyclic) bond motifs is 8. The molecule has 2 saturated heterocycles. The molecule has 230 valence electrons. The van der Waals surface area contributed by atoms with Gasteiger partial charge in [-0.1, -0.05) is 79.1 Å². The Labute approximate surface area is 278 Å². The van der Waals surface area contributed by atoms with Crippen molar-refractivity contribution in [2.75, 3.05) is 7.11 Å². The van der Waals surface area contributed by atoms with Gasteiger partial charge in [0.1, 0.15) is 0 Å². The van der Waals surface area contributed by atoms with Gasteiger partial charge in [0.25, 0.3) is 0 Å². The van der Waals surface area contributed by atoms with Gasteiger partial charge in [0.2, 0.25) is 0 Å². The molecular formula is C35H35MgN4O5-3. The number of aromatic nitrogens is 2. The molecule has 4 aliphatic rings. The van der Waals surface area contributed by atoms with Gasteiger partial charge in [-0.3, -0.25) is 9.59 Å². The van der Waals surface area contributed by atoms with E-state index in [0.29, 0.717) is 33.8 Å². The zero-order valence-corrected chi connectivity index (χ0v) is 27.9. The minimum absolute atomic E-state index is 0. The summed E-state index contributed by atoms with van der Waals surface area (Å²) in [6.45, 7) is 14.0. The standard InChI is InChI=1S/C35H36N4O5.Mg/c1-8-19-15(3)22-12-24-17(5)21(10-11-28(40)41)32(38-24)30-31(35(43)44-7)34(42)29-18(6)25(39-33(29)30)14-27-20(9-2)16(4)23(37-27)13-26(19)36-22;/h8-9,12-14,16-17,21,31-32,42H,1,10-11H2,2-7H3,(H,40,41);/q-4;+2/p-1/b20-9+,23-13-,24-12-,27-14-;/t16-,17+,21+,31-,32?;/m1./s1. The molecule has 0 saturated carbocycles. The maximum absolute atomic E-state index is 14.0. The first-order chi connectivity index (χ1) is 21.0. The Morgan fingerprint density at radius 2 is 1.76 bits per heavy atom. The zero-order valence-electron chi connectivity index (χ0n) is 26.5. The van der Waals surface area contributed by atoms with Gasteiger partial charge in [0, 0.05) is 6.42 Å². The number of allylic oxidation sites excluding steroid dienone is 4. The maximum atomic E-state index is 14.0. The summed E-state index contributed by atoms with van der Waals surface area (Å²) in [4.78, 5) is 34.9. The van der Waals surface area contributed by atoms with Gasteiger partial charge < -0.3 is 35.6 Å². The fourth-order valence-electron chi connectivity index (χ4n) is 7.21. The van der Waals surface area contributed by atoms with E-state index >= 15 is 0 Å². The fraction of sp³-hybridized carbons (Fsp3) is 0.371. The van der Waals surface area contributed by atoms with Crippen LogP contribution in [0.1, 0.15) is 67.4 Å². The number of hydrogen-bond acceptors (Lipinski definition) is 4. The van der Waals surface area contributed by atoms with E-state index in [0.717, 1.165) is 45.2 Å². The van der Waals surface area contributed by atoms with Crippen molar-refractivity contribution in [2.24, 2.45) is 23.7 Å². The maximum Gasteiger partial charge on any atom is 2.00 e. The Kier molecular flexibility index (Phi) is 8.76. The summed E-state index contributed by atoms with van der Waals surface area (Å²) in [5.74, 6) is -3.61. The number of aliphatic carboxylic acids is 1. The zero-order chi connectivity index (χ0) is 31.6. The quantitative estimate of drug-likeness (QED) is 0.401.